The van der Waals surface area contributed by atoms with Crippen molar-refractivity contribution in [1.29, 1.82) is 0 Å². The maximum Gasteiger partial charge on any atom is 0.257 e. The standard InChI is InChI=1S/C16H14FN3O/c1-11-4-5-13(12(9-11)3-2-7-18)16(21)20-15-6-8-19-10-14(15)17/h4-6,8-10H,7,18H2,1H3,(H,19,20,21). The van der Waals surface area contributed by atoms with Gasteiger partial charge in [0, 0.05) is 11.8 Å². The highest BCUT2D eigenvalue weighted by atomic mass is 19.1. The zero-order chi connectivity index (χ0) is 15.2. The van der Waals surface area contributed by atoms with Crippen molar-refractivity contribution in [2.24, 2.45) is 5.73 Å². The van der Waals surface area contributed by atoms with Crippen molar-refractivity contribution in [2.75, 3.05) is 11.9 Å². The Labute approximate surface area is 122 Å². The number of hydrogen-bond acceptors (Lipinski definition) is 3. The molecule has 106 valence electrons. The van der Waals surface area contributed by atoms with Gasteiger partial charge in [0.1, 0.15) is 0 Å². The minimum absolute atomic E-state index is 0.0771. The molecule has 0 bridgehead atoms. The molecule has 0 aliphatic heterocycles. The zero-order valence-corrected chi connectivity index (χ0v) is 11.5. The first-order valence-electron chi connectivity index (χ1n) is 6.32. The Morgan fingerprint density at radius 3 is 2.95 bits per heavy atom. The van der Waals surface area contributed by atoms with Gasteiger partial charge in [-0.05, 0) is 30.7 Å². The van der Waals surface area contributed by atoms with Crippen molar-refractivity contribution < 1.29 is 9.18 Å². The largest absolute Gasteiger partial charge is 0.320 e. The van der Waals surface area contributed by atoms with Crippen molar-refractivity contribution >= 4 is 11.6 Å². The van der Waals surface area contributed by atoms with E-state index in [1.165, 1.54) is 12.3 Å². The fourth-order valence-corrected chi connectivity index (χ4v) is 1.77. The predicted octanol–water partition coefficient (Wildman–Crippen LogP) is 2.09. The SMILES string of the molecule is Cc1ccc(C(=O)Nc2ccncc2F)c(C#CCN)c1. The van der Waals surface area contributed by atoms with E-state index >= 15 is 0 Å². The highest BCUT2D eigenvalue weighted by Crippen LogP contribution is 2.16. The molecule has 21 heavy (non-hydrogen) atoms. The van der Waals surface area contributed by atoms with Gasteiger partial charge in [0.15, 0.2) is 5.82 Å². The fourth-order valence-electron chi connectivity index (χ4n) is 1.77. The molecule has 0 spiro atoms. The van der Waals surface area contributed by atoms with Crippen LogP contribution >= 0.6 is 0 Å². The topological polar surface area (TPSA) is 68.0 Å². The van der Waals surface area contributed by atoms with Crippen molar-refractivity contribution in [1.82, 2.24) is 4.98 Å². The molecule has 0 aliphatic rings. The lowest BCUT2D eigenvalue weighted by Gasteiger charge is -2.08. The van der Waals surface area contributed by atoms with Crippen LogP contribution in [0.15, 0.2) is 36.7 Å². The minimum Gasteiger partial charge on any atom is -0.320 e. The van der Waals surface area contributed by atoms with Gasteiger partial charge in [-0.1, -0.05) is 17.9 Å². The number of anilines is 1. The van der Waals surface area contributed by atoms with E-state index in [2.05, 4.69) is 22.1 Å². The molecule has 4 nitrogen and oxygen atoms in total. The van der Waals surface area contributed by atoms with E-state index in [0.717, 1.165) is 11.8 Å². The number of halogens is 1. The van der Waals surface area contributed by atoms with Crippen molar-refractivity contribution in [3.63, 3.8) is 0 Å². The Bertz CT molecular complexity index is 732. The molecule has 1 amide bonds. The molecular weight excluding hydrogens is 269 g/mol. The molecule has 1 aromatic carbocycles. The molecule has 3 N–H and O–H groups in total. The second kappa shape index (κ2) is 6.64. The molecule has 0 radical (unpaired) electrons. The first-order valence-corrected chi connectivity index (χ1v) is 6.32. The Morgan fingerprint density at radius 1 is 1.43 bits per heavy atom. The summed E-state index contributed by atoms with van der Waals surface area (Å²) in [6.07, 6.45) is 2.45. The van der Waals surface area contributed by atoms with Crippen LogP contribution in [-0.4, -0.2) is 17.4 Å². The summed E-state index contributed by atoms with van der Waals surface area (Å²) in [6, 6.07) is 6.64. The maximum atomic E-state index is 13.5. The van der Waals surface area contributed by atoms with Crippen LogP contribution in [0.1, 0.15) is 21.5 Å². The highest BCUT2D eigenvalue weighted by molar-refractivity contribution is 6.06. The molecule has 2 aromatic rings. The number of rotatable bonds is 2. The number of pyridine rings is 1. The number of benzene rings is 1. The van der Waals surface area contributed by atoms with E-state index in [9.17, 15) is 9.18 Å². The second-order valence-corrected chi connectivity index (χ2v) is 4.36. The van der Waals surface area contributed by atoms with Crippen LogP contribution in [0, 0.1) is 24.6 Å². The molecule has 1 heterocycles. The summed E-state index contributed by atoms with van der Waals surface area (Å²) in [4.78, 5) is 15.9. The minimum atomic E-state index is -0.590. The first kappa shape index (κ1) is 14.7. The lowest BCUT2D eigenvalue weighted by atomic mass is 10.0. The molecule has 0 saturated heterocycles. The molecule has 2 rings (SSSR count). The van der Waals surface area contributed by atoms with E-state index in [4.69, 9.17) is 5.73 Å². The van der Waals surface area contributed by atoms with Gasteiger partial charge in [0.05, 0.1) is 24.0 Å². The van der Waals surface area contributed by atoms with Gasteiger partial charge in [0.2, 0.25) is 0 Å². The lowest BCUT2D eigenvalue weighted by Crippen LogP contribution is -2.14. The third kappa shape index (κ3) is 3.65. The first-order chi connectivity index (χ1) is 10.1. The Hall–Kier alpha value is -2.71. The average molecular weight is 283 g/mol. The smallest absolute Gasteiger partial charge is 0.257 e. The van der Waals surface area contributed by atoms with Crippen LogP contribution in [0.4, 0.5) is 10.1 Å². The van der Waals surface area contributed by atoms with Crippen LogP contribution in [0.25, 0.3) is 0 Å². The summed E-state index contributed by atoms with van der Waals surface area (Å²) in [5.41, 5.74) is 7.34. The molecule has 0 fully saturated rings. The lowest BCUT2D eigenvalue weighted by molar-refractivity contribution is 0.102. The van der Waals surface area contributed by atoms with Crippen LogP contribution in [0.3, 0.4) is 0 Å². The molecule has 1 aromatic heterocycles. The third-order valence-electron chi connectivity index (χ3n) is 2.77. The van der Waals surface area contributed by atoms with E-state index in [1.807, 2.05) is 6.92 Å². The number of hydrogen-bond donors (Lipinski definition) is 2. The van der Waals surface area contributed by atoms with Crippen molar-refractivity contribution in [3.8, 4) is 11.8 Å². The van der Waals surface area contributed by atoms with Crippen LogP contribution < -0.4 is 11.1 Å². The molecule has 0 atom stereocenters. The fraction of sp³-hybridized carbons (Fsp3) is 0.125. The molecule has 0 unspecified atom stereocenters. The molecule has 0 aliphatic carbocycles. The third-order valence-corrected chi connectivity index (χ3v) is 2.77. The molecular formula is C16H14FN3O. The summed E-state index contributed by atoms with van der Waals surface area (Å²) in [5, 5.41) is 2.51. The van der Waals surface area contributed by atoms with Crippen LogP contribution in [0.5, 0.6) is 0 Å². The van der Waals surface area contributed by atoms with E-state index < -0.39 is 11.7 Å². The maximum absolute atomic E-state index is 13.5. The number of nitrogens with two attached hydrogens (primary N) is 1. The van der Waals surface area contributed by atoms with Crippen molar-refractivity contribution in [2.45, 2.75) is 6.92 Å². The van der Waals surface area contributed by atoms with Gasteiger partial charge >= 0.3 is 0 Å². The van der Waals surface area contributed by atoms with E-state index in [0.29, 0.717) is 11.1 Å². The number of carbonyl (C=O) groups is 1. The monoisotopic (exact) mass is 283 g/mol. The highest BCUT2D eigenvalue weighted by Gasteiger charge is 2.12. The van der Waals surface area contributed by atoms with Crippen LogP contribution in [-0.2, 0) is 0 Å². The number of amides is 1. The number of carbonyl (C=O) groups excluding carboxylic acids is 1. The average Bonchev–Trinajstić information content (AvgIpc) is 2.47. The molecule has 5 heteroatoms. The Morgan fingerprint density at radius 2 is 2.24 bits per heavy atom. The summed E-state index contributed by atoms with van der Waals surface area (Å²) < 4.78 is 13.5. The van der Waals surface area contributed by atoms with Gasteiger partial charge in [-0.25, -0.2) is 4.39 Å². The number of aromatic nitrogens is 1. The summed E-state index contributed by atoms with van der Waals surface area (Å²) in [6.45, 7) is 2.10. The number of aryl methyl sites for hydroxylation is 1. The van der Waals surface area contributed by atoms with Crippen LogP contribution in [0.2, 0.25) is 0 Å². The van der Waals surface area contributed by atoms with E-state index in [-0.39, 0.29) is 12.2 Å². The van der Waals surface area contributed by atoms with Gasteiger partial charge in [-0.15, -0.1) is 0 Å². The van der Waals surface area contributed by atoms with Gasteiger partial charge in [-0.3, -0.25) is 9.78 Å². The van der Waals surface area contributed by atoms with E-state index in [1.54, 1.807) is 18.2 Å². The second-order valence-electron chi connectivity index (χ2n) is 4.36. The normalized spacial score (nSPS) is 9.67. The predicted molar refractivity (Wildman–Crippen MR) is 79.3 cm³/mol. The zero-order valence-electron chi connectivity index (χ0n) is 11.5. The van der Waals surface area contributed by atoms with Crippen molar-refractivity contribution in [3.05, 3.63) is 59.2 Å². The number of nitrogens with one attached hydrogen (secondary N) is 1. The molecule has 0 saturated carbocycles. The summed E-state index contributed by atoms with van der Waals surface area (Å²) in [7, 11) is 0. The Kier molecular flexibility index (Phi) is 4.64. The summed E-state index contributed by atoms with van der Waals surface area (Å²) in [5.74, 6) is 4.55. The Balaban J connectivity index is 2.33. The number of nitrogens with zero attached hydrogens (tertiary/aromatic N) is 1. The summed E-state index contributed by atoms with van der Waals surface area (Å²) >= 11 is 0. The van der Waals surface area contributed by atoms with Gasteiger partial charge < -0.3 is 11.1 Å². The quantitative estimate of drug-likeness (QED) is 0.829. The van der Waals surface area contributed by atoms with Gasteiger partial charge in [-0.2, -0.15) is 0 Å². The van der Waals surface area contributed by atoms with Gasteiger partial charge in [0.25, 0.3) is 5.91 Å².